The lowest BCUT2D eigenvalue weighted by atomic mass is 10.00. The van der Waals surface area contributed by atoms with Crippen molar-refractivity contribution < 1.29 is 22.0 Å². The Morgan fingerprint density at radius 2 is 1.82 bits per heavy atom. The molecular weight excluding hydrogens is 535 g/mol. The van der Waals surface area contributed by atoms with Gasteiger partial charge >= 0.3 is 6.18 Å². The molecule has 0 saturated carbocycles. The molecule has 12 heteroatoms. The highest BCUT2D eigenvalue weighted by molar-refractivity contribution is 7.13. The number of aromatic amines is 1. The molecule has 2 aromatic carbocycles. The number of thiophene rings is 1. The summed E-state index contributed by atoms with van der Waals surface area (Å²) in [6.07, 6.45) is -3.06. The van der Waals surface area contributed by atoms with Gasteiger partial charge in [0.1, 0.15) is 5.82 Å². The summed E-state index contributed by atoms with van der Waals surface area (Å²) in [5.41, 5.74) is 1.37. The van der Waals surface area contributed by atoms with Crippen LogP contribution in [0.2, 0.25) is 0 Å². The Kier molecular flexibility index (Phi) is 6.18. The minimum Gasteiger partial charge on any atom is -0.337 e. The second kappa shape index (κ2) is 9.70. The summed E-state index contributed by atoms with van der Waals surface area (Å²) in [6, 6.07) is 14.7. The number of halogens is 5. The molecule has 1 N–H and O–H groups in total. The molecule has 1 aliphatic heterocycles. The molecule has 0 fully saturated rings. The molecule has 0 bridgehead atoms. The zero-order chi connectivity index (χ0) is 27.1. The minimum atomic E-state index is -4.57. The third-order valence-corrected chi connectivity index (χ3v) is 7.09. The van der Waals surface area contributed by atoms with E-state index < -0.39 is 23.4 Å². The normalized spacial score (nSPS) is 13.1. The van der Waals surface area contributed by atoms with E-state index in [-0.39, 0.29) is 35.7 Å². The average Bonchev–Trinajstić information content (AvgIpc) is 3.60. The van der Waals surface area contributed by atoms with Crippen molar-refractivity contribution in [3.8, 4) is 33.1 Å². The number of nitrogens with zero attached hydrogens (tertiary/aromatic N) is 5. The SMILES string of the molecule is Fc1cccc(-c2nc3c([nH]2)C=NN(Cc2ccc(-c4ccc(-c5cccs5)cc4C(F)(F)F)nn2)C3)c1F. The topological polar surface area (TPSA) is 70.1 Å². The number of hydrogen-bond donors (Lipinski definition) is 1. The molecule has 0 amide bonds. The Morgan fingerprint density at radius 3 is 2.56 bits per heavy atom. The van der Waals surface area contributed by atoms with Crippen LogP contribution >= 0.6 is 11.3 Å². The van der Waals surface area contributed by atoms with Crippen LogP contribution in [0, 0.1) is 11.6 Å². The second-order valence-corrected chi connectivity index (χ2v) is 9.71. The molecule has 5 aromatic rings. The lowest BCUT2D eigenvalue weighted by Gasteiger charge is -2.20. The number of fused-ring (bicyclic) bond motifs is 1. The van der Waals surface area contributed by atoms with Gasteiger partial charge in [-0.05, 0) is 47.3 Å². The summed E-state index contributed by atoms with van der Waals surface area (Å²) < 4.78 is 69.5. The predicted octanol–water partition coefficient (Wildman–Crippen LogP) is 6.91. The van der Waals surface area contributed by atoms with E-state index in [2.05, 4.69) is 25.3 Å². The van der Waals surface area contributed by atoms with Gasteiger partial charge in [0, 0.05) is 10.4 Å². The summed E-state index contributed by atoms with van der Waals surface area (Å²) in [7, 11) is 0. The Bertz CT molecular complexity index is 1680. The smallest absolute Gasteiger partial charge is 0.337 e. The van der Waals surface area contributed by atoms with Crippen molar-refractivity contribution in [2.75, 3.05) is 0 Å². The van der Waals surface area contributed by atoms with Crippen molar-refractivity contribution in [2.45, 2.75) is 19.3 Å². The van der Waals surface area contributed by atoms with Gasteiger partial charge in [-0.2, -0.15) is 28.5 Å². The molecule has 0 unspecified atom stereocenters. The molecular formula is C27H17F5N6S. The van der Waals surface area contributed by atoms with Crippen LogP contribution in [0.5, 0.6) is 0 Å². The Morgan fingerprint density at radius 1 is 0.949 bits per heavy atom. The van der Waals surface area contributed by atoms with Gasteiger partial charge in [-0.15, -0.1) is 11.3 Å². The molecule has 0 atom stereocenters. The van der Waals surface area contributed by atoms with Gasteiger partial charge in [-0.3, -0.25) is 5.01 Å². The fraction of sp³-hybridized carbons (Fsp3) is 0.111. The van der Waals surface area contributed by atoms with E-state index in [9.17, 15) is 22.0 Å². The lowest BCUT2D eigenvalue weighted by molar-refractivity contribution is -0.137. The number of aromatic nitrogens is 4. The third-order valence-electron chi connectivity index (χ3n) is 6.17. The molecule has 39 heavy (non-hydrogen) atoms. The maximum Gasteiger partial charge on any atom is 0.417 e. The Labute approximate surface area is 222 Å². The predicted molar refractivity (Wildman–Crippen MR) is 137 cm³/mol. The van der Waals surface area contributed by atoms with Crippen molar-refractivity contribution in [3.63, 3.8) is 0 Å². The van der Waals surface area contributed by atoms with Crippen LogP contribution in [0.25, 0.3) is 33.1 Å². The largest absolute Gasteiger partial charge is 0.417 e. The first-order chi connectivity index (χ1) is 18.8. The molecule has 0 radical (unpaired) electrons. The van der Waals surface area contributed by atoms with Gasteiger partial charge in [-0.25, -0.2) is 13.8 Å². The quantitative estimate of drug-likeness (QED) is 0.241. The first-order valence-electron chi connectivity index (χ1n) is 11.7. The van der Waals surface area contributed by atoms with Gasteiger partial charge in [0.05, 0.1) is 53.2 Å². The molecule has 4 heterocycles. The van der Waals surface area contributed by atoms with Gasteiger partial charge in [0.2, 0.25) is 0 Å². The van der Waals surface area contributed by atoms with E-state index in [1.807, 2.05) is 5.38 Å². The molecule has 3 aromatic heterocycles. The van der Waals surface area contributed by atoms with E-state index >= 15 is 0 Å². The molecule has 0 saturated heterocycles. The monoisotopic (exact) mass is 552 g/mol. The lowest BCUT2D eigenvalue weighted by Crippen LogP contribution is -2.22. The zero-order valence-electron chi connectivity index (χ0n) is 19.9. The van der Waals surface area contributed by atoms with Crippen molar-refractivity contribution in [1.29, 1.82) is 0 Å². The van der Waals surface area contributed by atoms with Crippen molar-refractivity contribution in [2.24, 2.45) is 5.10 Å². The summed E-state index contributed by atoms with van der Waals surface area (Å²) in [4.78, 5) is 8.07. The van der Waals surface area contributed by atoms with Crippen LogP contribution in [0.3, 0.4) is 0 Å². The highest BCUT2D eigenvalue weighted by atomic mass is 32.1. The first-order valence-corrected chi connectivity index (χ1v) is 12.5. The molecule has 6 nitrogen and oxygen atoms in total. The highest BCUT2D eigenvalue weighted by Crippen LogP contribution is 2.39. The van der Waals surface area contributed by atoms with Gasteiger partial charge in [0.15, 0.2) is 11.6 Å². The summed E-state index contributed by atoms with van der Waals surface area (Å²) in [5, 5.41) is 16.0. The molecule has 0 aliphatic carbocycles. The van der Waals surface area contributed by atoms with Crippen LogP contribution < -0.4 is 0 Å². The van der Waals surface area contributed by atoms with Gasteiger partial charge in [0.25, 0.3) is 0 Å². The number of H-pyrrole nitrogens is 1. The van der Waals surface area contributed by atoms with Crippen LogP contribution in [-0.4, -0.2) is 31.4 Å². The summed E-state index contributed by atoms with van der Waals surface area (Å²) in [5.74, 6) is -1.79. The standard InChI is InChI=1S/C27H17F5N6S/c28-20-4-1-3-18(25(20)29)26-34-22-12-33-38(14-23(22)35-26)13-16-7-9-21(37-36-16)17-8-6-15(24-5-2-10-39-24)11-19(17)27(30,31)32/h1-12H,13-14H2,(H,34,35). The maximum atomic E-state index is 14.2. The van der Waals surface area contributed by atoms with Crippen LogP contribution in [-0.2, 0) is 19.3 Å². The van der Waals surface area contributed by atoms with E-state index in [0.717, 1.165) is 17.0 Å². The number of nitrogens with one attached hydrogen (secondary N) is 1. The number of rotatable bonds is 5. The van der Waals surface area contributed by atoms with Crippen molar-refractivity contribution >= 4 is 17.6 Å². The van der Waals surface area contributed by atoms with Gasteiger partial charge < -0.3 is 4.98 Å². The van der Waals surface area contributed by atoms with E-state index in [0.29, 0.717) is 22.6 Å². The van der Waals surface area contributed by atoms with Crippen LogP contribution in [0.15, 0.2) is 71.1 Å². The third kappa shape index (κ3) is 4.90. The minimum absolute atomic E-state index is 0.00690. The number of benzene rings is 2. The Hall–Kier alpha value is -4.45. The zero-order valence-corrected chi connectivity index (χ0v) is 20.7. The molecule has 196 valence electrons. The number of alkyl halides is 3. The second-order valence-electron chi connectivity index (χ2n) is 8.76. The van der Waals surface area contributed by atoms with Gasteiger partial charge in [-0.1, -0.05) is 24.3 Å². The summed E-state index contributed by atoms with van der Waals surface area (Å²) >= 11 is 1.36. The molecule has 0 spiro atoms. The number of hydrazone groups is 1. The Balaban J connectivity index is 1.20. The van der Waals surface area contributed by atoms with Crippen LogP contribution in [0.4, 0.5) is 22.0 Å². The first kappa shape index (κ1) is 24.9. The molecule has 6 rings (SSSR count). The fourth-order valence-electron chi connectivity index (χ4n) is 4.29. The number of hydrogen-bond acceptors (Lipinski definition) is 6. The number of imidazole rings is 1. The maximum absolute atomic E-state index is 14.2. The average molecular weight is 553 g/mol. The fourth-order valence-corrected chi connectivity index (χ4v) is 5.01. The van der Waals surface area contributed by atoms with Crippen molar-refractivity contribution in [3.05, 3.63) is 100 Å². The van der Waals surface area contributed by atoms with Crippen molar-refractivity contribution in [1.82, 2.24) is 25.2 Å². The highest BCUT2D eigenvalue weighted by Gasteiger charge is 2.34. The van der Waals surface area contributed by atoms with E-state index in [1.165, 1.54) is 41.8 Å². The van der Waals surface area contributed by atoms with Crippen LogP contribution in [0.1, 0.15) is 22.6 Å². The van der Waals surface area contributed by atoms with E-state index in [1.54, 1.807) is 29.3 Å². The van der Waals surface area contributed by atoms with E-state index in [4.69, 9.17) is 0 Å². The molecule has 1 aliphatic rings. The summed E-state index contributed by atoms with van der Waals surface area (Å²) in [6.45, 7) is 0.467.